The molecule has 14 nitrogen and oxygen atoms in total. The molecule has 1 saturated carbocycles. The van der Waals surface area contributed by atoms with E-state index in [1.165, 1.54) is 25.4 Å². The van der Waals surface area contributed by atoms with Crippen molar-refractivity contribution in [3.05, 3.63) is 40.4 Å². The van der Waals surface area contributed by atoms with Gasteiger partial charge in [-0.2, -0.15) is 0 Å². The van der Waals surface area contributed by atoms with Gasteiger partial charge in [-0.15, -0.1) is 11.3 Å². The van der Waals surface area contributed by atoms with Gasteiger partial charge in [0.1, 0.15) is 22.6 Å². The third-order valence-corrected chi connectivity index (χ3v) is 10.7. The summed E-state index contributed by atoms with van der Waals surface area (Å²) < 4.78 is 10.7. The van der Waals surface area contributed by atoms with Crippen LogP contribution in [0.4, 0.5) is 0 Å². The number of carbonyl (C=O) groups is 5. The molecule has 0 aromatic carbocycles. The van der Waals surface area contributed by atoms with Gasteiger partial charge in [0.15, 0.2) is 6.10 Å². The van der Waals surface area contributed by atoms with Gasteiger partial charge in [0, 0.05) is 56.7 Å². The average molecular weight is 728 g/mol. The molecule has 2 aliphatic rings. The molecular weight excluding hydrogens is 675 g/mol. The Bertz CT molecular complexity index is 1500. The zero-order valence-electron chi connectivity index (χ0n) is 30.8. The van der Waals surface area contributed by atoms with Crippen molar-refractivity contribution in [3.8, 4) is 0 Å². The number of likely N-dealkylation sites (N-methyl/N-ethyl adjacent to an activating group) is 2. The summed E-state index contributed by atoms with van der Waals surface area (Å²) in [5.41, 5.74) is 0.131. The molecule has 0 spiro atoms. The van der Waals surface area contributed by atoms with Crippen LogP contribution in [0.25, 0.3) is 0 Å². The maximum absolute atomic E-state index is 14.1. The summed E-state index contributed by atoms with van der Waals surface area (Å²) in [5, 5.41) is 8.08. The lowest BCUT2D eigenvalue weighted by atomic mass is 9.95. The summed E-state index contributed by atoms with van der Waals surface area (Å²) >= 11 is 1.19. The van der Waals surface area contributed by atoms with E-state index in [-0.39, 0.29) is 54.3 Å². The molecule has 0 unspecified atom stereocenters. The first-order chi connectivity index (χ1) is 24.3. The van der Waals surface area contributed by atoms with Gasteiger partial charge in [-0.05, 0) is 63.6 Å². The number of piperidine rings is 1. The van der Waals surface area contributed by atoms with E-state index >= 15 is 0 Å². The Labute approximate surface area is 304 Å². The van der Waals surface area contributed by atoms with Crippen molar-refractivity contribution < 1.29 is 33.4 Å². The van der Waals surface area contributed by atoms with Crippen LogP contribution in [0.15, 0.2) is 23.8 Å². The third-order valence-electron chi connectivity index (χ3n) is 9.76. The molecule has 1 saturated heterocycles. The second-order valence-corrected chi connectivity index (χ2v) is 15.1. The van der Waals surface area contributed by atoms with E-state index in [1.807, 2.05) is 20.9 Å². The van der Waals surface area contributed by atoms with Gasteiger partial charge in [0.05, 0.1) is 19.1 Å². The van der Waals surface area contributed by atoms with Crippen LogP contribution in [0.2, 0.25) is 0 Å². The average Bonchev–Trinajstić information content (AvgIpc) is 3.82. The minimum atomic E-state index is -0.825. The van der Waals surface area contributed by atoms with E-state index < -0.39 is 42.0 Å². The number of aromatic nitrogens is 3. The molecule has 2 N–H and O–H groups in total. The Morgan fingerprint density at radius 3 is 2.35 bits per heavy atom. The summed E-state index contributed by atoms with van der Waals surface area (Å²) in [6, 6.07) is -0.0395. The molecule has 15 heteroatoms. The first-order valence-corrected chi connectivity index (χ1v) is 18.7. The molecule has 2 fully saturated rings. The Kier molecular flexibility index (Phi) is 14.4. The molecule has 2 aromatic heterocycles. The zero-order valence-corrected chi connectivity index (χ0v) is 31.6. The standard InChI is InChI=1S/C36H53N7O7S/c1-21(2)28(43(6)35(47)31(24-12-13-24)41-33(46)27-11-8-9-16-42(27)5)19-29(50-23(4)44)34-40-26(20-51-34)32(45)39-25(17-22(3)36(48)49-7)18-30-37-14-10-15-38-30/h10,14-15,20-22,24-25,27-29,31H,8-9,11-13,16-19H2,1-7H3,(H,39,45)(H,41,46)/t22-,25+,27+,28+,29+,31-/m0/s1. The van der Waals surface area contributed by atoms with E-state index in [4.69, 9.17) is 9.47 Å². The number of rotatable bonds is 17. The number of nitrogens with one attached hydrogen (secondary N) is 2. The van der Waals surface area contributed by atoms with E-state index in [1.54, 1.807) is 42.7 Å². The summed E-state index contributed by atoms with van der Waals surface area (Å²) in [5.74, 6) is -1.57. The molecule has 6 atom stereocenters. The molecule has 51 heavy (non-hydrogen) atoms. The highest BCUT2D eigenvalue weighted by atomic mass is 32.1. The van der Waals surface area contributed by atoms with E-state index in [0.29, 0.717) is 17.3 Å². The molecule has 3 heterocycles. The fraction of sp³-hybridized carbons (Fsp3) is 0.667. The lowest BCUT2D eigenvalue weighted by molar-refractivity contribution is -0.149. The maximum Gasteiger partial charge on any atom is 0.308 e. The second kappa shape index (κ2) is 18.5. The number of hydrogen-bond donors (Lipinski definition) is 2. The number of hydrogen-bond acceptors (Lipinski definition) is 12. The molecular formula is C36H53N7O7S. The smallest absolute Gasteiger partial charge is 0.308 e. The van der Waals surface area contributed by atoms with Crippen LogP contribution < -0.4 is 10.6 Å². The molecule has 2 aromatic rings. The molecule has 0 radical (unpaired) electrons. The molecule has 3 amide bonds. The lowest BCUT2D eigenvalue weighted by Crippen LogP contribution is -2.56. The van der Waals surface area contributed by atoms with Crippen molar-refractivity contribution in [2.75, 3.05) is 27.7 Å². The van der Waals surface area contributed by atoms with Crippen LogP contribution in [-0.4, -0.2) is 106 Å². The molecule has 0 bridgehead atoms. The molecule has 1 aliphatic carbocycles. The number of amides is 3. The number of nitrogens with zero attached hydrogens (tertiary/aromatic N) is 5. The number of thiazole rings is 1. The Morgan fingerprint density at radius 1 is 1.04 bits per heavy atom. The number of ether oxygens (including phenoxy) is 2. The predicted molar refractivity (Wildman–Crippen MR) is 190 cm³/mol. The van der Waals surface area contributed by atoms with Gasteiger partial charge >= 0.3 is 11.9 Å². The molecule has 280 valence electrons. The second-order valence-electron chi connectivity index (χ2n) is 14.2. The van der Waals surface area contributed by atoms with Crippen LogP contribution in [0, 0.1) is 17.8 Å². The van der Waals surface area contributed by atoms with Gasteiger partial charge < -0.3 is 25.0 Å². The SMILES string of the molecule is COC(=O)[C@@H](C)C[C@H](Cc1ncccn1)NC(=O)c1csc([C@@H](C[C@H](C(C)C)N(C)C(=O)[C@@H](NC(=O)[C@H]2CCCCN2C)C2CC2)OC(C)=O)n1. The highest BCUT2D eigenvalue weighted by Crippen LogP contribution is 2.36. The van der Waals surface area contributed by atoms with E-state index in [2.05, 4.69) is 30.5 Å². The highest BCUT2D eigenvalue weighted by Gasteiger charge is 2.42. The first-order valence-electron chi connectivity index (χ1n) is 17.8. The van der Waals surface area contributed by atoms with Crippen molar-refractivity contribution in [1.29, 1.82) is 0 Å². The van der Waals surface area contributed by atoms with Crippen molar-refractivity contribution >= 4 is 41.0 Å². The van der Waals surface area contributed by atoms with Crippen molar-refractivity contribution in [2.24, 2.45) is 17.8 Å². The van der Waals surface area contributed by atoms with Gasteiger partial charge in [-0.25, -0.2) is 15.0 Å². The van der Waals surface area contributed by atoms with Crippen molar-refractivity contribution in [3.63, 3.8) is 0 Å². The normalized spacial score (nSPS) is 19.3. The predicted octanol–water partition coefficient (Wildman–Crippen LogP) is 3.33. The van der Waals surface area contributed by atoms with Crippen LogP contribution in [0.5, 0.6) is 0 Å². The molecule has 4 rings (SSSR count). The van der Waals surface area contributed by atoms with Crippen molar-refractivity contribution in [2.45, 2.75) is 109 Å². The summed E-state index contributed by atoms with van der Waals surface area (Å²) in [6.07, 6.45) is 7.78. The van der Waals surface area contributed by atoms with Crippen LogP contribution in [0.3, 0.4) is 0 Å². The van der Waals surface area contributed by atoms with Gasteiger partial charge in [0.2, 0.25) is 11.8 Å². The quantitative estimate of drug-likeness (QED) is 0.229. The Hall–Kier alpha value is -3.98. The van der Waals surface area contributed by atoms with E-state index in [0.717, 1.165) is 38.6 Å². The van der Waals surface area contributed by atoms with Gasteiger partial charge in [-0.1, -0.05) is 27.2 Å². The van der Waals surface area contributed by atoms with Crippen LogP contribution >= 0.6 is 11.3 Å². The van der Waals surface area contributed by atoms with Crippen LogP contribution in [-0.2, 0) is 35.1 Å². The monoisotopic (exact) mass is 727 g/mol. The third kappa shape index (κ3) is 11.3. The fourth-order valence-corrected chi connectivity index (χ4v) is 7.56. The Balaban J connectivity index is 1.49. The fourth-order valence-electron chi connectivity index (χ4n) is 6.72. The first kappa shape index (κ1) is 39.8. The maximum atomic E-state index is 14.1. The minimum absolute atomic E-state index is 0.0301. The lowest BCUT2D eigenvalue weighted by Gasteiger charge is -2.37. The van der Waals surface area contributed by atoms with E-state index in [9.17, 15) is 24.0 Å². The van der Waals surface area contributed by atoms with Gasteiger partial charge in [0.25, 0.3) is 5.91 Å². The van der Waals surface area contributed by atoms with Crippen molar-refractivity contribution in [1.82, 2.24) is 35.4 Å². The summed E-state index contributed by atoms with van der Waals surface area (Å²) in [6.45, 7) is 7.88. The minimum Gasteiger partial charge on any atom is -0.469 e. The summed E-state index contributed by atoms with van der Waals surface area (Å²) in [4.78, 5) is 82.2. The number of methoxy groups -OCH3 is 1. The number of likely N-dealkylation sites (tertiary alicyclic amines) is 1. The van der Waals surface area contributed by atoms with Gasteiger partial charge in [-0.3, -0.25) is 28.9 Å². The largest absolute Gasteiger partial charge is 0.469 e. The number of carbonyl (C=O) groups excluding carboxylic acids is 5. The topological polar surface area (TPSA) is 173 Å². The van der Waals surface area contributed by atoms with Crippen LogP contribution in [0.1, 0.15) is 100 Å². The highest BCUT2D eigenvalue weighted by molar-refractivity contribution is 7.09. The zero-order chi connectivity index (χ0) is 37.2. The number of esters is 2. The molecule has 1 aliphatic heterocycles. The Morgan fingerprint density at radius 2 is 1.75 bits per heavy atom. The summed E-state index contributed by atoms with van der Waals surface area (Å²) in [7, 11) is 5.00.